The van der Waals surface area contributed by atoms with E-state index in [1.165, 1.54) is 21.8 Å². The van der Waals surface area contributed by atoms with Gasteiger partial charge in [-0.05, 0) is 49.1 Å². The molecule has 0 saturated heterocycles. The lowest BCUT2D eigenvalue weighted by Gasteiger charge is -2.11. The third kappa shape index (κ3) is 2.73. The lowest BCUT2D eigenvalue weighted by molar-refractivity contribution is -0.117. The van der Waals surface area contributed by atoms with Crippen LogP contribution < -0.4 is 11.1 Å². The maximum absolute atomic E-state index is 12.6. The number of hydrogen-bond donors (Lipinski definition) is 2. The van der Waals surface area contributed by atoms with E-state index in [1.54, 1.807) is 0 Å². The molecule has 3 N–H and O–H groups in total. The van der Waals surface area contributed by atoms with E-state index in [0.29, 0.717) is 10.6 Å². The van der Waals surface area contributed by atoms with Crippen molar-refractivity contribution in [3.63, 3.8) is 0 Å². The first-order chi connectivity index (χ1) is 11.6. The Morgan fingerprint density at radius 3 is 2.62 bits per heavy atom. The van der Waals surface area contributed by atoms with E-state index in [9.17, 15) is 9.59 Å². The van der Waals surface area contributed by atoms with Gasteiger partial charge in [0.2, 0.25) is 5.91 Å². The molecule has 2 aromatic rings. The Bertz CT molecular complexity index is 797. The molecular formula is C19H20N2O2S. The summed E-state index contributed by atoms with van der Waals surface area (Å²) in [5.74, 6) is -0.143. The molecule has 1 saturated carbocycles. The minimum atomic E-state index is -0.430. The predicted molar refractivity (Wildman–Crippen MR) is 95.4 cm³/mol. The molecule has 2 aliphatic rings. The molecule has 2 aliphatic carbocycles. The summed E-state index contributed by atoms with van der Waals surface area (Å²) in [6.45, 7) is 0. The van der Waals surface area contributed by atoms with E-state index in [1.807, 2.05) is 18.2 Å². The number of nitrogens with two attached hydrogens (primary N) is 1. The van der Waals surface area contributed by atoms with Crippen molar-refractivity contribution in [3.05, 3.63) is 51.9 Å². The van der Waals surface area contributed by atoms with Crippen molar-refractivity contribution in [2.24, 2.45) is 11.7 Å². The second-order valence-electron chi connectivity index (χ2n) is 6.63. The van der Waals surface area contributed by atoms with Gasteiger partial charge in [-0.25, -0.2) is 0 Å². The lowest BCUT2D eigenvalue weighted by Crippen LogP contribution is -2.19. The summed E-state index contributed by atoms with van der Waals surface area (Å²) >= 11 is 1.53. The highest BCUT2D eigenvalue weighted by Crippen LogP contribution is 2.48. The standard InChI is InChI=1S/C19H20N2O2S/c20-17(22)16-12-8-4-5-9-15(12)24-19(16)21-18(23)14-10-13(14)11-6-2-1-3-7-11/h1-3,6-7,13-14H,4-5,8-10H2,(H2,20,22)(H,21,23)/t13-,14+/m0/s1. The van der Waals surface area contributed by atoms with Crippen molar-refractivity contribution >= 4 is 28.2 Å². The quantitative estimate of drug-likeness (QED) is 0.894. The van der Waals surface area contributed by atoms with Crippen molar-refractivity contribution in [2.45, 2.75) is 38.0 Å². The summed E-state index contributed by atoms with van der Waals surface area (Å²) in [5, 5.41) is 3.64. The fraction of sp³-hybridized carbons (Fsp3) is 0.368. The Morgan fingerprint density at radius 1 is 1.12 bits per heavy atom. The second kappa shape index (κ2) is 6.06. The molecule has 24 heavy (non-hydrogen) atoms. The van der Waals surface area contributed by atoms with Crippen molar-refractivity contribution in [1.82, 2.24) is 0 Å². The van der Waals surface area contributed by atoms with Crippen LogP contribution in [-0.2, 0) is 17.6 Å². The molecule has 0 bridgehead atoms. The van der Waals surface area contributed by atoms with Crippen LogP contribution in [0.1, 0.15) is 51.5 Å². The molecule has 4 nitrogen and oxygen atoms in total. The number of carbonyl (C=O) groups is 2. The van der Waals surface area contributed by atoms with Gasteiger partial charge in [-0.1, -0.05) is 30.3 Å². The molecule has 5 heteroatoms. The molecule has 1 heterocycles. The fourth-order valence-electron chi connectivity index (χ4n) is 3.67. The van der Waals surface area contributed by atoms with E-state index < -0.39 is 5.91 Å². The lowest BCUT2D eigenvalue weighted by atomic mass is 9.95. The molecule has 0 radical (unpaired) electrons. The van der Waals surface area contributed by atoms with Crippen LogP contribution in [0.3, 0.4) is 0 Å². The van der Waals surface area contributed by atoms with Crippen LogP contribution in [0.25, 0.3) is 0 Å². The molecule has 124 valence electrons. The zero-order valence-corrected chi connectivity index (χ0v) is 14.2. The highest BCUT2D eigenvalue weighted by Gasteiger charge is 2.44. The maximum Gasteiger partial charge on any atom is 0.251 e. The van der Waals surface area contributed by atoms with Gasteiger partial charge in [-0.15, -0.1) is 11.3 Å². The largest absolute Gasteiger partial charge is 0.365 e. The molecule has 0 unspecified atom stereocenters. The van der Waals surface area contributed by atoms with E-state index in [2.05, 4.69) is 17.4 Å². The summed E-state index contributed by atoms with van der Waals surface area (Å²) in [5.41, 5.74) is 8.39. The van der Waals surface area contributed by atoms with Crippen LogP contribution in [0.5, 0.6) is 0 Å². The number of primary amides is 1. The number of anilines is 1. The van der Waals surface area contributed by atoms with Gasteiger partial charge in [0.25, 0.3) is 5.91 Å². The van der Waals surface area contributed by atoms with Crippen LogP contribution in [0, 0.1) is 5.92 Å². The van der Waals surface area contributed by atoms with Crippen LogP contribution in [0.2, 0.25) is 0 Å². The van der Waals surface area contributed by atoms with Crippen molar-refractivity contribution in [2.75, 3.05) is 5.32 Å². The predicted octanol–water partition coefficient (Wildman–Crippen LogP) is 3.47. The Kier molecular flexibility index (Phi) is 3.88. The normalized spacial score (nSPS) is 21.8. The first-order valence-electron chi connectivity index (χ1n) is 8.45. The number of amides is 2. The van der Waals surface area contributed by atoms with Crippen LogP contribution >= 0.6 is 11.3 Å². The third-order valence-electron chi connectivity index (χ3n) is 5.01. The Hall–Kier alpha value is -2.14. The monoisotopic (exact) mass is 340 g/mol. The van der Waals surface area contributed by atoms with Gasteiger partial charge in [-0.3, -0.25) is 9.59 Å². The van der Waals surface area contributed by atoms with Crippen LogP contribution in [0.15, 0.2) is 30.3 Å². The van der Waals surface area contributed by atoms with Gasteiger partial charge < -0.3 is 11.1 Å². The first kappa shape index (κ1) is 15.4. The molecule has 4 rings (SSSR count). The average Bonchev–Trinajstić information content (AvgIpc) is 3.30. The minimum Gasteiger partial charge on any atom is -0.365 e. The van der Waals surface area contributed by atoms with Gasteiger partial charge in [-0.2, -0.15) is 0 Å². The van der Waals surface area contributed by atoms with Gasteiger partial charge in [0.05, 0.1) is 5.56 Å². The van der Waals surface area contributed by atoms with Crippen molar-refractivity contribution in [1.29, 1.82) is 0 Å². The van der Waals surface area contributed by atoms with Crippen molar-refractivity contribution in [3.8, 4) is 0 Å². The van der Waals surface area contributed by atoms with E-state index in [4.69, 9.17) is 5.73 Å². The Balaban J connectivity index is 1.53. The molecule has 1 aromatic carbocycles. The maximum atomic E-state index is 12.6. The van der Waals surface area contributed by atoms with Crippen molar-refractivity contribution < 1.29 is 9.59 Å². The SMILES string of the molecule is NC(=O)c1c(NC(=O)[C@@H]2C[C@H]2c2ccccc2)sc2c1CCCC2. The van der Waals surface area contributed by atoms with Crippen LogP contribution in [-0.4, -0.2) is 11.8 Å². The molecular weight excluding hydrogens is 320 g/mol. The zero-order chi connectivity index (χ0) is 16.7. The van der Waals surface area contributed by atoms with Gasteiger partial charge in [0.15, 0.2) is 0 Å². The number of thiophene rings is 1. The van der Waals surface area contributed by atoms with Gasteiger partial charge in [0, 0.05) is 10.8 Å². The fourth-order valence-corrected chi connectivity index (χ4v) is 4.97. The average molecular weight is 340 g/mol. The van der Waals surface area contributed by atoms with E-state index in [-0.39, 0.29) is 17.7 Å². The number of rotatable bonds is 4. The van der Waals surface area contributed by atoms with Crippen LogP contribution in [0.4, 0.5) is 5.00 Å². The second-order valence-corrected chi connectivity index (χ2v) is 7.73. The molecule has 2 atom stereocenters. The molecule has 2 amide bonds. The number of carbonyl (C=O) groups excluding carboxylic acids is 2. The van der Waals surface area contributed by atoms with Gasteiger partial charge >= 0.3 is 0 Å². The smallest absolute Gasteiger partial charge is 0.251 e. The number of fused-ring (bicyclic) bond motifs is 1. The minimum absolute atomic E-state index is 0.00458. The molecule has 0 aliphatic heterocycles. The highest BCUT2D eigenvalue weighted by molar-refractivity contribution is 7.17. The summed E-state index contributed by atoms with van der Waals surface area (Å²) in [7, 11) is 0. The third-order valence-corrected chi connectivity index (χ3v) is 6.22. The number of hydrogen-bond acceptors (Lipinski definition) is 3. The summed E-state index contributed by atoms with van der Waals surface area (Å²) in [6, 6.07) is 10.1. The zero-order valence-electron chi connectivity index (χ0n) is 13.4. The summed E-state index contributed by atoms with van der Waals surface area (Å²) in [6.07, 6.45) is 4.95. The number of nitrogens with one attached hydrogen (secondary N) is 1. The molecule has 1 fully saturated rings. The molecule has 0 spiro atoms. The topological polar surface area (TPSA) is 72.2 Å². The Labute approximate surface area is 145 Å². The number of benzene rings is 1. The van der Waals surface area contributed by atoms with E-state index >= 15 is 0 Å². The summed E-state index contributed by atoms with van der Waals surface area (Å²) in [4.78, 5) is 25.7. The molecule has 1 aromatic heterocycles. The highest BCUT2D eigenvalue weighted by atomic mass is 32.1. The first-order valence-corrected chi connectivity index (χ1v) is 9.27. The Morgan fingerprint density at radius 2 is 1.88 bits per heavy atom. The number of aryl methyl sites for hydroxylation is 1. The van der Waals surface area contributed by atoms with E-state index in [0.717, 1.165) is 37.7 Å². The van der Waals surface area contributed by atoms with Gasteiger partial charge in [0.1, 0.15) is 5.00 Å². The summed E-state index contributed by atoms with van der Waals surface area (Å²) < 4.78 is 0.